The number of nitrogens with two attached hydrogens (primary N) is 1. The van der Waals surface area contributed by atoms with Gasteiger partial charge in [-0.2, -0.15) is 0 Å². The predicted molar refractivity (Wildman–Crippen MR) is 56.2 cm³/mol. The first-order valence-electron chi connectivity index (χ1n) is 4.88. The number of hydrazine groups is 1. The van der Waals surface area contributed by atoms with Gasteiger partial charge in [0, 0.05) is 6.04 Å². The lowest BCUT2D eigenvalue weighted by Crippen LogP contribution is -2.36. The van der Waals surface area contributed by atoms with E-state index in [1.54, 1.807) is 6.07 Å². The van der Waals surface area contributed by atoms with E-state index in [4.69, 9.17) is 5.84 Å². The molecule has 1 rings (SSSR count). The topological polar surface area (TPSA) is 38.0 Å². The second-order valence-electron chi connectivity index (χ2n) is 3.55. The first kappa shape index (κ1) is 11.1. The number of rotatable bonds is 4. The molecule has 0 saturated heterocycles. The molecule has 2 nitrogen and oxygen atoms in total. The lowest BCUT2D eigenvalue weighted by Gasteiger charge is -2.14. The second kappa shape index (κ2) is 5.08. The zero-order valence-corrected chi connectivity index (χ0v) is 8.68. The molecule has 3 N–H and O–H groups in total. The summed E-state index contributed by atoms with van der Waals surface area (Å²) in [5.41, 5.74) is 4.88. The molecule has 3 heteroatoms. The molecule has 14 heavy (non-hydrogen) atoms. The van der Waals surface area contributed by atoms with E-state index in [1.807, 2.05) is 13.0 Å². The zero-order chi connectivity index (χ0) is 10.6. The molecule has 0 radical (unpaired) electrons. The molecule has 0 aromatic heterocycles. The fourth-order valence-corrected chi connectivity index (χ4v) is 1.47. The van der Waals surface area contributed by atoms with E-state index < -0.39 is 0 Å². The molecule has 0 amide bonds. The van der Waals surface area contributed by atoms with Gasteiger partial charge in [-0.15, -0.1) is 0 Å². The number of hydrogen-bond donors (Lipinski definition) is 2. The Labute approximate surface area is 84.3 Å². The van der Waals surface area contributed by atoms with E-state index in [9.17, 15) is 4.39 Å². The third-order valence-corrected chi connectivity index (χ3v) is 2.50. The average Bonchev–Trinajstić information content (AvgIpc) is 2.17. The van der Waals surface area contributed by atoms with Gasteiger partial charge >= 0.3 is 0 Å². The van der Waals surface area contributed by atoms with Crippen molar-refractivity contribution in [2.75, 3.05) is 0 Å². The Morgan fingerprint density at radius 3 is 2.71 bits per heavy atom. The Kier molecular flexibility index (Phi) is 4.04. The van der Waals surface area contributed by atoms with Crippen LogP contribution < -0.4 is 11.3 Å². The van der Waals surface area contributed by atoms with Gasteiger partial charge in [-0.05, 0) is 43.0 Å². The first-order valence-corrected chi connectivity index (χ1v) is 4.88. The van der Waals surface area contributed by atoms with Gasteiger partial charge in [-0.3, -0.25) is 11.3 Å². The molecule has 0 heterocycles. The molecule has 0 bridgehead atoms. The molecule has 1 aromatic rings. The van der Waals surface area contributed by atoms with Crippen molar-refractivity contribution in [2.45, 2.75) is 32.7 Å². The van der Waals surface area contributed by atoms with E-state index in [0.29, 0.717) is 0 Å². The lowest BCUT2D eigenvalue weighted by molar-refractivity contribution is 0.509. The summed E-state index contributed by atoms with van der Waals surface area (Å²) in [6.07, 6.45) is 1.81. The molecule has 0 fully saturated rings. The summed E-state index contributed by atoms with van der Waals surface area (Å²) >= 11 is 0. The normalized spacial score (nSPS) is 12.9. The van der Waals surface area contributed by atoms with Crippen LogP contribution in [0.15, 0.2) is 18.2 Å². The van der Waals surface area contributed by atoms with Gasteiger partial charge in [0.1, 0.15) is 5.82 Å². The molecule has 0 aliphatic heterocycles. The number of halogens is 1. The van der Waals surface area contributed by atoms with Crippen LogP contribution in [0.5, 0.6) is 0 Å². The van der Waals surface area contributed by atoms with Crippen molar-refractivity contribution in [3.63, 3.8) is 0 Å². The number of nitrogens with one attached hydrogen (secondary N) is 1. The molecule has 0 saturated carbocycles. The van der Waals surface area contributed by atoms with Crippen molar-refractivity contribution in [1.29, 1.82) is 0 Å². The minimum Gasteiger partial charge on any atom is -0.271 e. The summed E-state index contributed by atoms with van der Waals surface area (Å²) < 4.78 is 12.8. The van der Waals surface area contributed by atoms with E-state index in [0.717, 1.165) is 24.0 Å². The predicted octanol–water partition coefficient (Wildman–Crippen LogP) is 1.92. The molecule has 0 aliphatic carbocycles. The molecular formula is C11H17FN2. The molecule has 78 valence electrons. The molecule has 1 aromatic carbocycles. The molecule has 0 spiro atoms. The average molecular weight is 196 g/mol. The van der Waals surface area contributed by atoms with Crippen LogP contribution in [0.2, 0.25) is 0 Å². The van der Waals surface area contributed by atoms with Crippen molar-refractivity contribution in [2.24, 2.45) is 5.84 Å². The third kappa shape index (κ3) is 2.79. The summed E-state index contributed by atoms with van der Waals surface area (Å²) in [6, 6.07) is 5.13. The first-order chi connectivity index (χ1) is 6.67. The lowest BCUT2D eigenvalue weighted by atomic mass is 10.00. The fourth-order valence-electron chi connectivity index (χ4n) is 1.47. The highest BCUT2D eigenvalue weighted by Crippen LogP contribution is 2.12. The van der Waals surface area contributed by atoms with Crippen molar-refractivity contribution < 1.29 is 4.39 Å². The highest BCUT2D eigenvalue weighted by atomic mass is 19.1. The Morgan fingerprint density at radius 1 is 1.50 bits per heavy atom. The van der Waals surface area contributed by atoms with Gasteiger partial charge in [0.15, 0.2) is 0 Å². The highest BCUT2D eigenvalue weighted by Gasteiger charge is 2.07. The number of hydrogen-bond acceptors (Lipinski definition) is 2. The van der Waals surface area contributed by atoms with Crippen LogP contribution in [-0.4, -0.2) is 6.04 Å². The monoisotopic (exact) mass is 196 g/mol. The summed E-state index contributed by atoms with van der Waals surface area (Å²) in [5.74, 6) is 5.21. The van der Waals surface area contributed by atoms with Crippen LogP contribution in [-0.2, 0) is 6.42 Å². The van der Waals surface area contributed by atoms with Crippen LogP contribution in [0.3, 0.4) is 0 Å². The summed E-state index contributed by atoms with van der Waals surface area (Å²) in [5, 5.41) is 0. The summed E-state index contributed by atoms with van der Waals surface area (Å²) in [4.78, 5) is 0. The smallest absolute Gasteiger partial charge is 0.123 e. The summed E-state index contributed by atoms with van der Waals surface area (Å²) in [7, 11) is 0. The van der Waals surface area contributed by atoms with Gasteiger partial charge in [0.05, 0.1) is 0 Å². The van der Waals surface area contributed by atoms with Crippen molar-refractivity contribution in [3.8, 4) is 0 Å². The van der Waals surface area contributed by atoms with E-state index in [1.165, 1.54) is 6.07 Å². The van der Waals surface area contributed by atoms with Gasteiger partial charge in [0.2, 0.25) is 0 Å². The molecular weight excluding hydrogens is 179 g/mol. The van der Waals surface area contributed by atoms with Crippen molar-refractivity contribution in [1.82, 2.24) is 5.43 Å². The molecule has 0 aliphatic rings. The maximum absolute atomic E-state index is 12.8. The van der Waals surface area contributed by atoms with Gasteiger partial charge in [0.25, 0.3) is 0 Å². The van der Waals surface area contributed by atoms with E-state index in [2.05, 4.69) is 12.3 Å². The van der Waals surface area contributed by atoms with Crippen LogP contribution in [0.25, 0.3) is 0 Å². The van der Waals surface area contributed by atoms with Gasteiger partial charge < -0.3 is 0 Å². The minimum absolute atomic E-state index is 0.181. The van der Waals surface area contributed by atoms with Crippen molar-refractivity contribution in [3.05, 3.63) is 35.1 Å². The van der Waals surface area contributed by atoms with E-state index >= 15 is 0 Å². The Balaban J connectivity index is 2.76. The standard InChI is InChI=1S/C11H17FN2/c1-3-11(14-13)7-9-4-5-10(12)6-8(9)2/h4-6,11,14H,3,7,13H2,1-2H3. The van der Waals surface area contributed by atoms with Gasteiger partial charge in [-0.25, -0.2) is 4.39 Å². The fraction of sp³-hybridized carbons (Fsp3) is 0.455. The largest absolute Gasteiger partial charge is 0.271 e. The van der Waals surface area contributed by atoms with Crippen LogP contribution in [0, 0.1) is 12.7 Å². The van der Waals surface area contributed by atoms with Gasteiger partial charge in [-0.1, -0.05) is 13.0 Å². The van der Waals surface area contributed by atoms with Crippen molar-refractivity contribution >= 4 is 0 Å². The molecule has 1 atom stereocenters. The number of aryl methyl sites for hydroxylation is 1. The Bertz CT molecular complexity index is 295. The van der Waals surface area contributed by atoms with Crippen LogP contribution in [0.4, 0.5) is 4.39 Å². The maximum atomic E-state index is 12.8. The zero-order valence-electron chi connectivity index (χ0n) is 8.68. The number of benzene rings is 1. The molecule has 1 unspecified atom stereocenters. The summed E-state index contributed by atoms with van der Waals surface area (Å²) in [6.45, 7) is 3.99. The minimum atomic E-state index is -0.181. The second-order valence-corrected chi connectivity index (χ2v) is 3.55. The maximum Gasteiger partial charge on any atom is 0.123 e. The third-order valence-electron chi connectivity index (χ3n) is 2.50. The van der Waals surface area contributed by atoms with Crippen LogP contribution >= 0.6 is 0 Å². The highest BCUT2D eigenvalue weighted by molar-refractivity contribution is 5.27. The van der Waals surface area contributed by atoms with E-state index in [-0.39, 0.29) is 11.9 Å². The Morgan fingerprint density at radius 2 is 2.21 bits per heavy atom. The Hall–Kier alpha value is -0.930. The SMILES string of the molecule is CCC(Cc1ccc(F)cc1C)NN. The quantitative estimate of drug-likeness (QED) is 0.570. The van der Waals surface area contributed by atoms with Crippen LogP contribution in [0.1, 0.15) is 24.5 Å².